The Kier molecular flexibility index (Phi) is 6.35. The maximum absolute atomic E-state index is 13.2. The summed E-state index contributed by atoms with van der Waals surface area (Å²) in [4.78, 5) is 22.3. The number of amides is 2. The van der Waals surface area contributed by atoms with Gasteiger partial charge in [-0.2, -0.15) is 0 Å². The number of carbonyl (C=O) groups excluding carboxylic acids is 1. The number of hydrogen-bond acceptors (Lipinski definition) is 6. The molecule has 8 heteroatoms. The molecule has 2 aromatic rings. The number of piperidine rings is 1. The molecule has 5 unspecified atom stereocenters. The Morgan fingerprint density at radius 1 is 1.06 bits per heavy atom. The molecule has 3 saturated heterocycles. The van der Waals surface area contributed by atoms with Crippen LogP contribution >= 0.6 is 0 Å². The Bertz CT molecular complexity index is 1020. The van der Waals surface area contributed by atoms with Crippen LogP contribution in [0.4, 0.5) is 4.79 Å². The molecule has 1 saturated carbocycles. The molecule has 6 rings (SSSR count). The van der Waals surface area contributed by atoms with Gasteiger partial charge in [-0.05, 0) is 55.2 Å². The molecular weight excluding hydrogens is 440 g/mol. The molecule has 186 valence electrons. The Balaban J connectivity index is 1.12. The quantitative estimate of drug-likeness (QED) is 0.616. The molecule has 4 aliphatic rings. The van der Waals surface area contributed by atoms with Gasteiger partial charge in [0.1, 0.15) is 0 Å². The number of aromatic nitrogens is 1. The summed E-state index contributed by atoms with van der Waals surface area (Å²) < 4.78 is 5.23. The molecule has 1 aliphatic carbocycles. The van der Waals surface area contributed by atoms with Gasteiger partial charge in [-0.3, -0.25) is 10.3 Å². The lowest BCUT2D eigenvalue weighted by molar-refractivity contribution is 0.0523. The number of hydrogen-bond donors (Lipinski definition) is 3. The fraction of sp³-hybridized carbons (Fsp3) is 0.556. The second kappa shape index (κ2) is 9.76. The van der Waals surface area contributed by atoms with E-state index >= 15 is 0 Å². The highest BCUT2D eigenvalue weighted by molar-refractivity contribution is 5.76. The molecule has 3 aliphatic heterocycles. The van der Waals surface area contributed by atoms with Crippen molar-refractivity contribution in [3.05, 3.63) is 59.8 Å². The minimum Gasteiger partial charge on any atom is -0.481 e. The number of methoxy groups -OCH3 is 1. The average Bonchev–Trinajstić information content (AvgIpc) is 3.30. The summed E-state index contributed by atoms with van der Waals surface area (Å²) in [7, 11) is 1.64. The van der Waals surface area contributed by atoms with E-state index in [0.29, 0.717) is 23.8 Å². The van der Waals surface area contributed by atoms with Crippen LogP contribution < -0.4 is 20.9 Å². The SMILES string of the molecule is COc1ccc(C2NNC3CC4NC(=O)N([C@@H]5CCCN(Cc6ccccc6)C5)CC4CC32)cn1. The molecule has 0 bridgehead atoms. The van der Waals surface area contributed by atoms with E-state index in [1.54, 1.807) is 7.11 Å². The number of benzene rings is 1. The molecule has 1 aromatic heterocycles. The lowest BCUT2D eigenvalue weighted by atomic mass is 9.71. The standard InChI is InChI=1S/C27H36N6O2/c1-35-25-10-9-19(14-28-25)26-22-12-20-16-33(27(34)29-23(20)13-24(22)30-31-26)21-8-5-11-32(17-21)15-18-6-3-2-4-7-18/h2-4,6-7,9-10,14,20-24,26,30-31H,5,8,11-13,15-17H2,1H3,(H,29,34)/t20?,21-,22?,23?,24?,26?/m1/s1. The van der Waals surface area contributed by atoms with Crippen molar-refractivity contribution in [2.45, 2.75) is 56.4 Å². The fourth-order valence-corrected chi connectivity index (χ4v) is 6.73. The van der Waals surface area contributed by atoms with Crippen molar-refractivity contribution in [2.24, 2.45) is 11.8 Å². The Hall–Kier alpha value is -2.68. The van der Waals surface area contributed by atoms with Crippen molar-refractivity contribution in [3.8, 4) is 5.88 Å². The van der Waals surface area contributed by atoms with E-state index in [1.165, 1.54) is 11.1 Å². The van der Waals surface area contributed by atoms with Gasteiger partial charge in [-0.1, -0.05) is 36.4 Å². The predicted molar refractivity (Wildman–Crippen MR) is 134 cm³/mol. The van der Waals surface area contributed by atoms with E-state index < -0.39 is 0 Å². The number of fused-ring (bicyclic) bond motifs is 2. The van der Waals surface area contributed by atoms with Crippen LogP contribution in [-0.4, -0.2) is 65.7 Å². The van der Waals surface area contributed by atoms with Gasteiger partial charge in [0.15, 0.2) is 0 Å². The lowest BCUT2D eigenvalue weighted by Crippen LogP contribution is -2.64. The highest BCUT2D eigenvalue weighted by atomic mass is 16.5. The van der Waals surface area contributed by atoms with Crippen LogP contribution in [0.25, 0.3) is 0 Å². The van der Waals surface area contributed by atoms with Gasteiger partial charge in [-0.15, -0.1) is 0 Å². The summed E-state index contributed by atoms with van der Waals surface area (Å²) in [5.74, 6) is 1.58. The number of likely N-dealkylation sites (tertiary alicyclic amines) is 1. The Labute approximate surface area is 207 Å². The van der Waals surface area contributed by atoms with Crippen LogP contribution in [0.2, 0.25) is 0 Å². The fourth-order valence-electron chi connectivity index (χ4n) is 6.73. The highest BCUT2D eigenvalue weighted by Crippen LogP contribution is 2.42. The van der Waals surface area contributed by atoms with Crippen molar-refractivity contribution in [3.63, 3.8) is 0 Å². The van der Waals surface area contributed by atoms with Crippen LogP contribution in [0.1, 0.15) is 42.9 Å². The molecule has 35 heavy (non-hydrogen) atoms. The van der Waals surface area contributed by atoms with E-state index in [4.69, 9.17) is 4.74 Å². The van der Waals surface area contributed by atoms with Gasteiger partial charge in [0.05, 0.1) is 13.2 Å². The first-order valence-electron chi connectivity index (χ1n) is 13.0. The van der Waals surface area contributed by atoms with Crippen molar-refractivity contribution >= 4 is 6.03 Å². The molecule has 0 spiro atoms. The minimum atomic E-state index is 0.123. The second-order valence-corrected chi connectivity index (χ2v) is 10.6. The number of rotatable bonds is 5. The summed E-state index contributed by atoms with van der Waals surface area (Å²) in [5, 5.41) is 3.38. The number of carbonyl (C=O) groups is 1. The Morgan fingerprint density at radius 2 is 1.94 bits per heavy atom. The van der Waals surface area contributed by atoms with Gasteiger partial charge in [-0.25, -0.2) is 15.2 Å². The molecule has 4 fully saturated rings. The van der Waals surface area contributed by atoms with E-state index in [-0.39, 0.29) is 24.2 Å². The van der Waals surface area contributed by atoms with Crippen molar-refractivity contribution in [2.75, 3.05) is 26.7 Å². The highest BCUT2D eigenvalue weighted by Gasteiger charge is 2.48. The third kappa shape index (κ3) is 4.62. The zero-order chi connectivity index (χ0) is 23.8. The van der Waals surface area contributed by atoms with Gasteiger partial charge in [0.25, 0.3) is 0 Å². The largest absolute Gasteiger partial charge is 0.481 e. The second-order valence-electron chi connectivity index (χ2n) is 10.6. The van der Waals surface area contributed by atoms with Gasteiger partial charge in [0.2, 0.25) is 5.88 Å². The smallest absolute Gasteiger partial charge is 0.317 e. The zero-order valence-electron chi connectivity index (χ0n) is 20.4. The number of nitrogens with zero attached hydrogens (tertiary/aromatic N) is 3. The summed E-state index contributed by atoms with van der Waals surface area (Å²) in [6, 6.07) is 15.9. The van der Waals surface area contributed by atoms with Crippen LogP contribution in [0.5, 0.6) is 5.88 Å². The van der Waals surface area contributed by atoms with E-state index in [1.807, 2.05) is 12.3 Å². The van der Waals surface area contributed by atoms with Crippen molar-refractivity contribution in [1.29, 1.82) is 0 Å². The summed E-state index contributed by atoms with van der Waals surface area (Å²) in [6.45, 7) is 3.87. The summed E-state index contributed by atoms with van der Waals surface area (Å²) in [5.41, 5.74) is 9.55. The molecule has 2 amide bonds. The minimum absolute atomic E-state index is 0.123. The summed E-state index contributed by atoms with van der Waals surface area (Å²) >= 11 is 0. The predicted octanol–water partition coefficient (Wildman–Crippen LogP) is 2.69. The number of nitrogens with one attached hydrogen (secondary N) is 3. The first kappa shape index (κ1) is 22.8. The van der Waals surface area contributed by atoms with Gasteiger partial charge in [0, 0.05) is 50.0 Å². The van der Waals surface area contributed by atoms with Crippen LogP contribution in [-0.2, 0) is 6.54 Å². The van der Waals surface area contributed by atoms with Crippen molar-refractivity contribution < 1.29 is 9.53 Å². The third-order valence-electron chi connectivity index (χ3n) is 8.52. The number of hydrazine groups is 1. The maximum Gasteiger partial charge on any atom is 0.317 e. The van der Waals surface area contributed by atoms with Crippen LogP contribution in [0.3, 0.4) is 0 Å². The molecule has 1 aromatic carbocycles. The first-order chi connectivity index (χ1) is 17.2. The number of pyridine rings is 1. The monoisotopic (exact) mass is 476 g/mol. The molecule has 3 N–H and O–H groups in total. The molecular formula is C27H36N6O2. The average molecular weight is 477 g/mol. The summed E-state index contributed by atoms with van der Waals surface area (Å²) in [6.07, 6.45) is 6.20. The van der Waals surface area contributed by atoms with Gasteiger partial charge >= 0.3 is 6.03 Å². The Morgan fingerprint density at radius 3 is 2.74 bits per heavy atom. The number of ether oxygens (including phenoxy) is 1. The topological polar surface area (TPSA) is 81.8 Å². The van der Waals surface area contributed by atoms with Gasteiger partial charge < -0.3 is 15.0 Å². The van der Waals surface area contributed by atoms with Crippen molar-refractivity contribution in [1.82, 2.24) is 31.0 Å². The molecule has 4 heterocycles. The molecule has 0 radical (unpaired) electrons. The van der Waals surface area contributed by atoms with E-state index in [9.17, 15) is 4.79 Å². The lowest BCUT2D eigenvalue weighted by Gasteiger charge is -2.49. The maximum atomic E-state index is 13.2. The normalized spacial score (nSPS) is 33.1. The molecule has 8 nitrogen and oxygen atoms in total. The number of urea groups is 1. The van der Waals surface area contributed by atoms with Crippen LogP contribution in [0, 0.1) is 11.8 Å². The first-order valence-corrected chi connectivity index (χ1v) is 13.0. The van der Waals surface area contributed by atoms with E-state index in [0.717, 1.165) is 51.9 Å². The van der Waals surface area contributed by atoms with E-state index in [2.05, 4.69) is 67.4 Å². The van der Waals surface area contributed by atoms with Crippen LogP contribution in [0.15, 0.2) is 48.7 Å². The third-order valence-corrected chi connectivity index (χ3v) is 8.52. The zero-order valence-corrected chi connectivity index (χ0v) is 20.4. The molecule has 6 atom stereocenters.